The van der Waals surface area contributed by atoms with Crippen molar-refractivity contribution < 1.29 is 14.7 Å². The summed E-state index contributed by atoms with van der Waals surface area (Å²) in [6.07, 6.45) is 2.68. The van der Waals surface area contributed by atoms with Gasteiger partial charge >= 0.3 is 5.97 Å². The zero-order valence-electron chi connectivity index (χ0n) is 10.8. The van der Waals surface area contributed by atoms with Gasteiger partial charge in [-0.05, 0) is 37.5 Å². The predicted octanol–water partition coefficient (Wildman–Crippen LogP) is 3.68. The number of piperidine rings is 1. The van der Waals surface area contributed by atoms with E-state index in [0.29, 0.717) is 12.1 Å². The molecule has 4 nitrogen and oxygen atoms in total. The largest absolute Gasteiger partial charge is 0.481 e. The molecule has 6 heteroatoms. The summed E-state index contributed by atoms with van der Waals surface area (Å²) in [6.45, 7) is 0.626. The molecule has 1 unspecified atom stereocenters. The lowest BCUT2D eigenvalue weighted by atomic mass is 9.98. The topological polar surface area (TPSA) is 57.6 Å². The van der Waals surface area contributed by atoms with Gasteiger partial charge in [-0.15, -0.1) is 0 Å². The molecule has 20 heavy (non-hydrogen) atoms. The molecular formula is C14H15Br2NO3. The molecule has 108 valence electrons. The molecular weight excluding hydrogens is 390 g/mol. The van der Waals surface area contributed by atoms with E-state index in [1.165, 1.54) is 0 Å². The number of aliphatic carboxylic acids is 1. The van der Waals surface area contributed by atoms with Crippen LogP contribution in [-0.4, -0.2) is 34.5 Å². The van der Waals surface area contributed by atoms with Crippen molar-refractivity contribution in [3.8, 4) is 0 Å². The molecule has 1 N–H and O–H groups in total. The van der Waals surface area contributed by atoms with Crippen LogP contribution in [-0.2, 0) is 4.79 Å². The molecule has 0 radical (unpaired) electrons. The number of carbonyl (C=O) groups is 2. The Balaban J connectivity index is 2.22. The monoisotopic (exact) mass is 403 g/mol. The second-order valence-corrected chi connectivity index (χ2v) is 6.74. The van der Waals surface area contributed by atoms with Crippen molar-refractivity contribution in [3.05, 3.63) is 32.7 Å². The van der Waals surface area contributed by atoms with Gasteiger partial charge in [0, 0.05) is 27.1 Å². The van der Waals surface area contributed by atoms with Crippen molar-refractivity contribution >= 4 is 43.7 Å². The summed E-state index contributed by atoms with van der Waals surface area (Å²) in [5.41, 5.74) is 0.573. The van der Waals surface area contributed by atoms with Crippen LogP contribution in [0.3, 0.4) is 0 Å². The van der Waals surface area contributed by atoms with Gasteiger partial charge in [-0.25, -0.2) is 0 Å². The molecule has 0 bridgehead atoms. The molecule has 1 aromatic carbocycles. The molecule has 1 fully saturated rings. The lowest BCUT2D eigenvalue weighted by molar-refractivity contribution is -0.138. The Hall–Kier alpha value is -0.880. The Kier molecular flexibility index (Phi) is 5.21. The fourth-order valence-corrected chi connectivity index (χ4v) is 3.82. The molecule has 1 aliphatic heterocycles. The van der Waals surface area contributed by atoms with Gasteiger partial charge in [0.1, 0.15) is 0 Å². The number of likely N-dealkylation sites (tertiary alicyclic amines) is 1. The van der Waals surface area contributed by atoms with Gasteiger partial charge in [-0.1, -0.05) is 31.9 Å². The van der Waals surface area contributed by atoms with Gasteiger partial charge in [0.05, 0.1) is 6.42 Å². The summed E-state index contributed by atoms with van der Waals surface area (Å²) in [5, 5.41) is 8.97. The van der Waals surface area contributed by atoms with E-state index >= 15 is 0 Å². The van der Waals surface area contributed by atoms with Crippen LogP contribution in [0.1, 0.15) is 36.0 Å². The molecule has 1 heterocycles. The van der Waals surface area contributed by atoms with Crippen LogP contribution in [0, 0.1) is 0 Å². The Labute approximate surface area is 134 Å². The minimum atomic E-state index is -0.856. The minimum Gasteiger partial charge on any atom is -0.481 e. The molecule has 0 aliphatic carbocycles. The van der Waals surface area contributed by atoms with Crippen LogP contribution in [0.5, 0.6) is 0 Å². The Morgan fingerprint density at radius 3 is 2.45 bits per heavy atom. The number of hydrogen-bond acceptors (Lipinski definition) is 2. The third-order valence-corrected chi connectivity index (χ3v) is 4.32. The van der Waals surface area contributed by atoms with Crippen molar-refractivity contribution in [2.45, 2.75) is 31.7 Å². The number of amides is 1. The average molecular weight is 405 g/mol. The van der Waals surface area contributed by atoms with Crippen LogP contribution < -0.4 is 0 Å². The van der Waals surface area contributed by atoms with Crippen LogP contribution in [0.25, 0.3) is 0 Å². The van der Waals surface area contributed by atoms with E-state index in [-0.39, 0.29) is 18.4 Å². The normalized spacial score (nSPS) is 18.9. The van der Waals surface area contributed by atoms with E-state index in [4.69, 9.17) is 5.11 Å². The summed E-state index contributed by atoms with van der Waals surface area (Å²) in [4.78, 5) is 25.2. The van der Waals surface area contributed by atoms with E-state index < -0.39 is 5.97 Å². The number of carboxylic acid groups (broad SMARTS) is 1. The van der Waals surface area contributed by atoms with Crippen LogP contribution in [0.4, 0.5) is 0 Å². The van der Waals surface area contributed by atoms with Crippen molar-refractivity contribution in [3.63, 3.8) is 0 Å². The maximum Gasteiger partial charge on any atom is 0.305 e. The Bertz CT molecular complexity index is 513. The number of carbonyl (C=O) groups excluding carboxylic acids is 1. The SMILES string of the molecule is O=C(O)CC1CCCCN1C(=O)c1cc(Br)cc(Br)c1. The minimum absolute atomic E-state index is 0.0148. The van der Waals surface area contributed by atoms with Gasteiger partial charge in [0.2, 0.25) is 0 Å². The van der Waals surface area contributed by atoms with Gasteiger partial charge in [-0.2, -0.15) is 0 Å². The molecule has 0 saturated carbocycles. The van der Waals surface area contributed by atoms with E-state index in [1.54, 1.807) is 17.0 Å². The number of hydrogen-bond donors (Lipinski definition) is 1. The van der Waals surface area contributed by atoms with E-state index in [0.717, 1.165) is 28.2 Å². The highest BCUT2D eigenvalue weighted by Gasteiger charge is 2.29. The highest BCUT2D eigenvalue weighted by Crippen LogP contribution is 2.25. The number of carboxylic acids is 1. The summed E-state index contributed by atoms with van der Waals surface area (Å²) in [7, 11) is 0. The quantitative estimate of drug-likeness (QED) is 0.835. The lowest BCUT2D eigenvalue weighted by Gasteiger charge is -2.35. The van der Waals surface area contributed by atoms with Gasteiger partial charge < -0.3 is 10.0 Å². The fourth-order valence-electron chi connectivity index (χ4n) is 2.52. The van der Waals surface area contributed by atoms with Crippen LogP contribution in [0.15, 0.2) is 27.1 Å². The van der Waals surface area contributed by atoms with Crippen molar-refractivity contribution in [2.24, 2.45) is 0 Å². The molecule has 0 aromatic heterocycles. The third kappa shape index (κ3) is 3.82. The Morgan fingerprint density at radius 2 is 1.85 bits per heavy atom. The van der Waals surface area contributed by atoms with Crippen LogP contribution in [0.2, 0.25) is 0 Å². The zero-order valence-corrected chi connectivity index (χ0v) is 14.0. The first-order chi connectivity index (χ1) is 9.47. The number of benzene rings is 1. The van der Waals surface area contributed by atoms with E-state index in [2.05, 4.69) is 31.9 Å². The molecule has 2 rings (SSSR count). The first-order valence-corrected chi connectivity index (χ1v) is 8.05. The molecule has 1 saturated heterocycles. The maximum atomic E-state index is 12.6. The predicted molar refractivity (Wildman–Crippen MR) is 82.8 cm³/mol. The van der Waals surface area contributed by atoms with Crippen molar-refractivity contribution in [1.29, 1.82) is 0 Å². The van der Waals surface area contributed by atoms with Crippen LogP contribution >= 0.6 is 31.9 Å². The highest BCUT2D eigenvalue weighted by atomic mass is 79.9. The smallest absolute Gasteiger partial charge is 0.305 e. The summed E-state index contributed by atoms with van der Waals surface area (Å²) in [6, 6.07) is 5.19. The first kappa shape index (κ1) is 15.5. The second kappa shape index (κ2) is 6.72. The molecule has 0 spiro atoms. The van der Waals surface area contributed by atoms with E-state index in [9.17, 15) is 9.59 Å². The number of rotatable bonds is 3. The Morgan fingerprint density at radius 1 is 1.20 bits per heavy atom. The molecule has 1 atom stereocenters. The number of nitrogens with zero attached hydrogens (tertiary/aromatic N) is 1. The highest BCUT2D eigenvalue weighted by molar-refractivity contribution is 9.11. The van der Waals surface area contributed by atoms with Crippen molar-refractivity contribution in [2.75, 3.05) is 6.54 Å². The lowest BCUT2D eigenvalue weighted by Crippen LogP contribution is -2.44. The van der Waals surface area contributed by atoms with Gasteiger partial charge in [-0.3, -0.25) is 9.59 Å². The molecule has 1 aliphatic rings. The van der Waals surface area contributed by atoms with Gasteiger partial charge in [0.15, 0.2) is 0 Å². The molecule has 1 aromatic rings. The zero-order chi connectivity index (χ0) is 14.7. The summed E-state index contributed by atoms with van der Waals surface area (Å²) < 4.78 is 1.64. The summed E-state index contributed by atoms with van der Waals surface area (Å²) >= 11 is 6.73. The first-order valence-electron chi connectivity index (χ1n) is 6.46. The van der Waals surface area contributed by atoms with Crippen molar-refractivity contribution in [1.82, 2.24) is 4.90 Å². The second-order valence-electron chi connectivity index (χ2n) is 4.90. The average Bonchev–Trinajstić information content (AvgIpc) is 2.36. The number of halogens is 2. The third-order valence-electron chi connectivity index (χ3n) is 3.41. The van der Waals surface area contributed by atoms with Gasteiger partial charge in [0.25, 0.3) is 5.91 Å². The summed E-state index contributed by atoms with van der Waals surface area (Å²) in [5.74, 6) is -0.955. The molecule has 1 amide bonds. The fraction of sp³-hybridized carbons (Fsp3) is 0.429. The maximum absolute atomic E-state index is 12.6. The standard InChI is InChI=1S/C14H15Br2NO3/c15-10-5-9(6-11(16)7-10)14(20)17-4-2-1-3-12(17)8-13(18)19/h5-7,12H,1-4,8H2,(H,18,19). The van der Waals surface area contributed by atoms with E-state index in [1.807, 2.05) is 6.07 Å².